The van der Waals surface area contributed by atoms with Crippen LogP contribution in [0.5, 0.6) is 0 Å². The fourth-order valence-electron chi connectivity index (χ4n) is 2.17. The Labute approximate surface area is 112 Å². The maximum Gasteiger partial charge on any atom is 0.230 e. The lowest BCUT2D eigenvalue weighted by Gasteiger charge is -2.29. The van der Waals surface area contributed by atoms with E-state index in [1.807, 2.05) is 0 Å². The van der Waals surface area contributed by atoms with Crippen LogP contribution in [0.4, 0.5) is 5.82 Å². The minimum absolute atomic E-state index is 0.174. The molecule has 1 aromatic heterocycles. The van der Waals surface area contributed by atoms with Crippen LogP contribution < -0.4 is 5.32 Å². The van der Waals surface area contributed by atoms with Gasteiger partial charge in [-0.2, -0.15) is 5.10 Å². The van der Waals surface area contributed by atoms with Gasteiger partial charge in [-0.15, -0.1) is 0 Å². The molecule has 106 valence electrons. The maximum absolute atomic E-state index is 12.1. The SMILES string of the molecule is Cn1ccc(NC(=O)[C@H]2CCCN(S(C)(=O)=O)C2)n1. The third-order valence-corrected chi connectivity index (χ3v) is 4.46. The zero-order valence-corrected chi connectivity index (χ0v) is 11.9. The highest BCUT2D eigenvalue weighted by molar-refractivity contribution is 7.88. The lowest BCUT2D eigenvalue weighted by atomic mass is 9.99. The van der Waals surface area contributed by atoms with Gasteiger partial charge in [-0.05, 0) is 12.8 Å². The molecule has 1 N–H and O–H groups in total. The first-order valence-corrected chi connectivity index (χ1v) is 7.97. The number of carbonyl (C=O) groups excluding carboxylic acids is 1. The Balaban J connectivity index is 1.99. The van der Waals surface area contributed by atoms with Gasteiger partial charge in [0.05, 0.1) is 12.2 Å². The van der Waals surface area contributed by atoms with Gasteiger partial charge in [0.2, 0.25) is 15.9 Å². The van der Waals surface area contributed by atoms with E-state index in [4.69, 9.17) is 0 Å². The summed E-state index contributed by atoms with van der Waals surface area (Å²) in [6, 6.07) is 1.70. The molecule has 1 amide bonds. The number of aryl methyl sites for hydroxylation is 1. The maximum atomic E-state index is 12.1. The number of nitrogens with zero attached hydrogens (tertiary/aromatic N) is 3. The van der Waals surface area contributed by atoms with Crippen LogP contribution in [0.2, 0.25) is 0 Å². The summed E-state index contributed by atoms with van der Waals surface area (Å²) in [4.78, 5) is 12.1. The predicted octanol–water partition coefficient (Wildman–Crippen LogP) is 0.0302. The summed E-state index contributed by atoms with van der Waals surface area (Å²) in [5.74, 6) is 0.00140. The van der Waals surface area contributed by atoms with E-state index >= 15 is 0 Å². The average Bonchev–Trinajstić information content (AvgIpc) is 2.74. The number of hydrogen-bond donors (Lipinski definition) is 1. The molecule has 0 radical (unpaired) electrons. The average molecular weight is 286 g/mol. The fourth-order valence-corrected chi connectivity index (χ4v) is 3.08. The molecule has 0 aliphatic carbocycles. The molecule has 1 fully saturated rings. The molecule has 1 aliphatic heterocycles. The van der Waals surface area contributed by atoms with Crippen molar-refractivity contribution >= 4 is 21.7 Å². The first-order valence-electron chi connectivity index (χ1n) is 6.12. The highest BCUT2D eigenvalue weighted by Crippen LogP contribution is 2.20. The third kappa shape index (κ3) is 3.54. The van der Waals surface area contributed by atoms with Crippen molar-refractivity contribution in [2.45, 2.75) is 12.8 Å². The molecule has 2 heterocycles. The number of anilines is 1. The molecule has 0 aromatic carbocycles. The lowest BCUT2D eigenvalue weighted by Crippen LogP contribution is -2.43. The molecule has 1 aliphatic rings. The zero-order valence-electron chi connectivity index (χ0n) is 11.0. The first-order chi connectivity index (χ1) is 8.86. The smallest absolute Gasteiger partial charge is 0.230 e. The topological polar surface area (TPSA) is 84.3 Å². The van der Waals surface area contributed by atoms with Crippen LogP contribution >= 0.6 is 0 Å². The van der Waals surface area contributed by atoms with E-state index in [1.54, 1.807) is 24.0 Å². The second kappa shape index (κ2) is 5.30. The van der Waals surface area contributed by atoms with E-state index < -0.39 is 10.0 Å². The molecule has 1 saturated heterocycles. The van der Waals surface area contributed by atoms with Crippen molar-refractivity contribution in [2.24, 2.45) is 13.0 Å². The Kier molecular flexibility index (Phi) is 3.91. The number of rotatable bonds is 3. The molecule has 0 saturated carbocycles. The van der Waals surface area contributed by atoms with E-state index in [-0.39, 0.29) is 18.4 Å². The summed E-state index contributed by atoms with van der Waals surface area (Å²) in [5.41, 5.74) is 0. The lowest BCUT2D eigenvalue weighted by molar-refractivity contribution is -0.120. The Hall–Kier alpha value is -1.41. The van der Waals surface area contributed by atoms with Crippen molar-refractivity contribution in [1.29, 1.82) is 0 Å². The van der Waals surface area contributed by atoms with E-state index in [0.717, 1.165) is 0 Å². The summed E-state index contributed by atoms with van der Waals surface area (Å²) in [6.45, 7) is 0.740. The molecule has 2 rings (SSSR count). The minimum Gasteiger partial charge on any atom is -0.309 e. The van der Waals surface area contributed by atoms with E-state index in [2.05, 4.69) is 10.4 Å². The second-order valence-corrected chi connectivity index (χ2v) is 6.81. The molecule has 0 unspecified atom stereocenters. The van der Waals surface area contributed by atoms with Crippen LogP contribution in [0.25, 0.3) is 0 Å². The summed E-state index contributed by atoms with van der Waals surface area (Å²) < 4.78 is 25.9. The molecule has 7 nitrogen and oxygen atoms in total. The number of carbonyl (C=O) groups is 1. The molecule has 0 spiro atoms. The highest BCUT2D eigenvalue weighted by atomic mass is 32.2. The largest absolute Gasteiger partial charge is 0.309 e. The number of hydrogen-bond acceptors (Lipinski definition) is 4. The number of amides is 1. The first kappa shape index (κ1) is 14.0. The van der Waals surface area contributed by atoms with Crippen LogP contribution in [0, 0.1) is 5.92 Å². The van der Waals surface area contributed by atoms with Gasteiger partial charge < -0.3 is 5.32 Å². The van der Waals surface area contributed by atoms with Gasteiger partial charge in [0.15, 0.2) is 5.82 Å². The number of sulfonamides is 1. The number of piperidine rings is 1. The Bertz CT molecular complexity index is 566. The van der Waals surface area contributed by atoms with Gasteiger partial charge in [0, 0.05) is 32.4 Å². The molecular weight excluding hydrogens is 268 g/mol. The van der Waals surface area contributed by atoms with E-state index in [0.29, 0.717) is 25.2 Å². The van der Waals surface area contributed by atoms with Gasteiger partial charge in [-0.3, -0.25) is 9.48 Å². The quantitative estimate of drug-likeness (QED) is 0.849. The van der Waals surface area contributed by atoms with Gasteiger partial charge in [0.25, 0.3) is 0 Å². The Morgan fingerprint density at radius 1 is 1.53 bits per heavy atom. The summed E-state index contributed by atoms with van der Waals surface area (Å²) in [6.07, 6.45) is 4.31. The van der Waals surface area contributed by atoms with Gasteiger partial charge in [-0.25, -0.2) is 12.7 Å². The molecule has 0 bridgehead atoms. The van der Waals surface area contributed by atoms with Crippen molar-refractivity contribution in [2.75, 3.05) is 24.7 Å². The number of aromatic nitrogens is 2. The van der Waals surface area contributed by atoms with Crippen molar-refractivity contribution in [3.05, 3.63) is 12.3 Å². The van der Waals surface area contributed by atoms with Crippen molar-refractivity contribution in [3.63, 3.8) is 0 Å². The van der Waals surface area contributed by atoms with Crippen molar-refractivity contribution < 1.29 is 13.2 Å². The molecule has 19 heavy (non-hydrogen) atoms. The van der Waals surface area contributed by atoms with Crippen LogP contribution in [-0.2, 0) is 21.9 Å². The van der Waals surface area contributed by atoms with E-state index in [1.165, 1.54) is 10.6 Å². The van der Waals surface area contributed by atoms with Crippen molar-refractivity contribution in [1.82, 2.24) is 14.1 Å². The Morgan fingerprint density at radius 2 is 2.26 bits per heavy atom. The molecule has 1 atom stereocenters. The van der Waals surface area contributed by atoms with Gasteiger partial charge >= 0.3 is 0 Å². The van der Waals surface area contributed by atoms with Crippen LogP contribution in [0.15, 0.2) is 12.3 Å². The Morgan fingerprint density at radius 3 is 2.84 bits per heavy atom. The van der Waals surface area contributed by atoms with Gasteiger partial charge in [-0.1, -0.05) is 0 Å². The summed E-state index contributed by atoms with van der Waals surface area (Å²) in [5, 5.41) is 6.78. The molecular formula is C11H18N4O3S. The third-order valence-electron chi connectivity index (χ3n) is 3.19. The van der Waals surface area contributed by atoms with Gasteiger partial charge in [0.1, 0.15) is 0 Å². The minimum atomic E-state index is -3.23. The normalized spacial score (nSPS) is 21.3. The fraction of sp³-hybridized carbons (Fsp3) is 0.636. The molecule has 1 aromatic rings. The highest BCUT2D eigenvalue weighted by Gasteiger charge is 2.30. The predicted molar refractivity (Wildman–Crippen MR) is 71.0 cm³/mol. The standard InChI is InChI=1S/C11H18N4O3S/c1-14-7-5-10(13-14)12-11(16)9-4-3-6-15(8-9)19(2,17)18/h5,7,9H,3-4,6,8H2,1-2H3,(H,12,13,16)/t9-/m0/s1. The number of nitrogens with one attached hydrogen (secondary N) is 1. The van der Waals surface area contributed by atoms with Crippen LogP contribution in [0.3, 0.4) is 0 Å². The van der Waals surface area contributed by atoms with Crippen LogP contribution in [0.1, 0.15) is 12.8 Å². The zero-order chi connectivity index (χ0) is 14.0. The van der Waals surface area contributed by atoms with Crippen molar-refractivity contribution in [3.8, 4) is 0 Å². The van der Waals surface area contributed by atoms with E-state index in [9.17, 15) is 13.2 Å². The van der Waals surface area contributed by atoms with Crippen LogP contribution in [-0.4, -0.2) is 47.8 Å². The second-order valence-electron chi connectivity index (χ2n) is 4.82. The summed E-state index contributed by atoms with van der Waals surface area (Å²) in [7, 11) is -1.46. The molecule has 8 heteroatoms. The monoisotopic (exact) mass is 286 g/mol. The summed E-state index contributed by atoms with van der Waals surface area (Å²) >= 11 is 0.